The summed E-state index contributed by atoms with van der Waals surface area (Å²) in [5.41, 5.74) is 6.27. The average Bonchev–Trinajstić information content (AvgIpc) is 3.13. The molecule has 4 heteroatoms. The molecule has 1 amide bonds. The van der Waals surface area contributed by atoms with E-state index in [0.29, 0.717) is 18.7 Å². The van der Waals surface area contributed by atoms with E-state index in [1.807, 2.05) is 0 Å². The van der Waals surface area contributed by atoms with Gasteiger partial charge in [0.2, 0.25) is 5.91 Å². The maximum absolute atomic E-state index is 11.4. The van der Waals surface area contributed by atoms with Crippen molar-refractivity contribution in [3.05, 3.63) is 24.3 Å². The predicted octanol–water partition coefficient (Wildman–Crippen LogP) is 1.56. The molecule has 1 saturated carbocycles. The van der Waals surface area contributed by atoms with E-state index in [2.05, 4.69) is 5.32 Å². The first-order valence-electron chi connectivity index (χ1n) is 5.99. The molecule has 2 rings (SSSR count). The molecule has 0 aliphatic heterocycles. The zero-order valence-electron chi connectivity index (χ0n) is 9.82. The Morgan fingerprint density at radius 1 is 1.35 bits per heavy atom. The number of benzene rings is 1. The highest BCUT2D eigenvalue weighted by molar-refractivity contribution is 5.76. The number of ether oxygens (including phenoxy) is 1. The summed E-state index contributed by atoms with van der Waals surface area (Å²) in [4.78, 5) is 11.4. The Balaban J connectivity index is 1.61. The van der Waals surface area contributed by atoms with Gasteiger partial charge in [-0.25, -0.2) is 0 Å². The molecule has 0 saturated heterocycles. The van der Waals surface area contributed by atoms with E-state index < -0.39 is 0 Å². The minimum Gasteiger partial charge on any atom is -0.493 e. The Hall–Kier alpha value is -1.71. The first-order chi connectivity index (χ1) is 8.24. The van der Waals surface area contributed by atoms with Gasteiger partial charge in [-0.15, -0.1) is 0 Å². The van der Waals surface area contributed by atoms with Crippen molar-refractivity contribution in [2.24, 2.45) is 5.92 Å². The van der Waals surface area contributed by atoms with Gasteiger partial charge in [0.15, 0.2) is 0 Å². The summed E-state index contributed by atoms with van der Waals surface area (Å²) in [5.74, 6) is 1.53. The second-order valence-corrected chi connectivity index (χ2v) is 4.41. The largest absolute Gasteiger partial charge is 0.493 e. The zero-order chi connectivity index (χ0) is 12.1. The smallest absolute Gasteiger partial charge is 0.223 e. The lowest BCUT2D eigenvalue weighted by Crippen LogP contribution is -2.26. The molecule has 0 atom stereocenters. The normalized spacial score (nSPS) is 14.4. The lowest BCUT2D eigenvalue weighted by molar-refractivity contribution is -0.121. The van der Waals surface area contributed by atoms with Gasteiger partial charge in [0.05, 0.1) is 13.0 Å². The number of carbonyl (C=O) groups is 1. The maximum atomic E-state index is 11.4. The Morgan fingerprint density at radius 2 is 2.06 bits per heavy atom. The summed E-state index contributed by atoms with van der Waals surface area (Å²) in [5, 5.41) is 2.90. The Bertz CT molecular complexity index is 372. The third-order valence-corrected chi connectivity index (χ3v) is 2.76. The minimum atomic E-state index is 0.0624. The van der Waals surface area contributed by atoms with E-state index in [4.69, 9.17) is 10.5 Å². The van der Waals surface area contributed by atoms with Crippen molar-refractivity contribution in [2.75, 3.05) is 18.9 Å². The van der Waals surface area contributed by atoms with Crippen LogP contribution in [-0.2, 0) is 4.79 Å². The first-order valence-corrected chi connectivity index (χ1v) is 5.99. The average molecular weight is 234 g/mol. The highest BCUT2D eigenvalue weighted by Gasteiger charge is 2.21. The fourth-order valence-corrected chi connectivity index (χ4v) is 1.49. The third kappa shape index (κ3) is 4.34. The molecule has 1 aromatic rings. The highest BCUT2D eigenvalue weighted by Crippen LogP contribution is 2.27. The van der Waals surface area contributed by atoms with Gasteiger partial charge in [0, 0.05) is 12.2 Å². The molecule has 1 aliphatic carbocycles. The van der Waals surface area contributed by atoms with Crippen LogP contribution in [0.25, 0.3) is 0 Å². The number of amides is 1. The van der Waals surface area contributed by atoms with Crippen LogP contribution >= 0.6 is 0 Å². The van der Waals surface area contributed by atoms with E-state index in [1.54, 1.807) is 24.3 Å². The molecule has 0 heterocycles. The van der Waals surface area contributed by atoms with Gasteiger partial charge in [-0.1, -0.05) is 0 Å². The van der Waals surface area contributed by atoms with Gasteiger partial charge in [-0.05, 0) is 43.0 Å². The molecule has 4 nitrogen and oxygen atoms in total. The van der Waals surface area contributed by atoms with Crippen molar-refractivity contribution in [1.82, 2.24) is 5.32 Å². The standard InChI is InChI=1S/C13H18N2O2/c14-11-3-5-12(6-4-11)17-8-7-13(16)15-9-10-1-2-10/h3-6,10H,1-2,7-9,14H2,(H,15,16). The van der Waals surface area contributed by atoms with Crippen LogP contribution in [0.5, 0.6) is 5.75 Å². The first kappa shape index (κ1) is 11.8. The molecule has 1 aliphatic rings. The number of hydrogen-bond acceptors (Lipinski definition) is 3. The molecular formula is C13H18N2O2. The van der Waals surface area contributed by atoms with Crippen molar-refractivity contribution in [1.29, 1.82) is 0 Å². The quantitative estimate of drug-likeness (QED) is 0.734. The zero-order valence-corrected chi connectivity index (χ0v) is 9.82. The second-order valence-electron chi connectivity index (χ2n) is 4.41. The third-order valence-electron chi connectivity index (χ3n) is 2.76. The summed E-state index contributed by atoms with van der Waals surface area (Å²) in [6.45, 7) is 1.22. The lowest BCUT2D eigenvalue weighted by atomic mass is 10.3. The molecule has 0 bridgehead atoms. The van der Waals surface area contributed by atoms with E-state index in [9.17, 15) is 4.79 Å². The molecule has 0 unspecified atom stereocenters. The number of anilines is 1. The van der Waals surface area contributed by atoms with Crippen LogP contribution in [0.3, 0.4) is 0 Å². The fraction of sp³-hybridized carbons (Fsp3) is 0.462. The van der Waals surface area contributed by atoms with Crippen molar-refractivity contribution in [3.63, 3.8) is 0 Å². The lowest BCUT2D eigenvalue weighted by Gasteiger charge is -2.07. The number of nitrogen functional groups attached to an aromatic ring is 1. The number of rotatable bonds is 6. The van der Waals surface area contributed by atoms with Crippen LogP contribution in [0, 0.1) is 5.92 Å². The topological polar surface area (TPSA) is 64.3 Å². The number of carbonyl (C=O) groups excluding carboxylic acids is 1. The molecule has 0 radical (unpaired) electrons. The van der Waals surface area contributed by atoms with Crippen LogP contribution in [0.4, 0.5) is 5.69 Å². The maximum Gasteiger partial charge on any atom is 0.223 e. The number of hydrogen-bond donors (Lipinski definition) is 2. The van der Waals surface area contributed by atoms with E-state index >= 15 is 0 Å². The highest BCUT2D eigenvalue weighted by atomic mass is 16.5. The van der Waals surface area contributed by atoms with Crippen molar-refractivity contribution in [2.45, 2.75) is 19.3 Å². The van der Waals surface area contributed by atoms with Crippen LogP contribution in [0.2, 0.25) is 0 Å². The van der Waals surface area contributed by atoms with Crippen LogP contribution < -0.4 is 15.8 Å². The van der Waals surface area contributed by atoms with Crippen molar-refractivity contribution < 1.29 is 9.53 Å². The molecule has 1 fully saturated rings. The monoisotopic (exact) mass is 234 g/mol. The van der Waals surface area contributed by atoms with E-state index in [-0.39, 0.29) is 5.91 Å². The van der Waals surface area contributed by atoms with E-state index in [0.717, 1.165) is 18.2 Å². The Labute approximate surface area is 101 Å². The SMILES string of the molecule is Nc1ccc(OCCC(=O)NCC2CC2)cc1. The van der Waals surface area contributed by atoms with Crippen molar-refractivity contribution in [3.8, 4) is 5.75 Å². The van der Waals surface area contributed by atoms with Gasteiger partial charge in [-0.3, -0.25) is 4.79 Å². The summed E-state index contributed by atoms with van der Waals surface area (Å²) in [7, 11) is 0. The molecule has 0 spiro atoms. The Morgan fingerprint density at radius 3 is 2.71 bits per heavy atom. The minimum absolute atomic E-state index is 0.0624. The van der Waals surface area contributed by atoms with Crippen LogP contribution in [-0.4, -0.2) is 19.1 Å². The molecular weight excluding hydrogens is 216 g/mol. The molecule has 92 valence electrons. The fourth-order valence-electron chi connectivity index (χ4n) is 1.49. The van der Waals surface area contributed by atoms with Crippen LogP contribution in [0.15, 0.2) is 24.3 Å². The number of nitrogens with two attached hydrogens (primary N) is 1. The van der Waals surface area contributed by atoms with Crippen molar-refractivity contribution >= 4 is 11.6 Å². The Kier molecular flexibility index (Phi) is 3.85. The number of nitrogens with one attached hydrogen (secondary N) is 1. The van der Waals surface area contributed by atoms with Gasteiger partial charge in [0.1, 0.15) is 5.75 Å². The van der Waals surface area contributed by atoms with Crippen LogP contribution in [0.1, 0.15) is 19.3 Å². The molecule has 0 aromatic heterocycles. The molecule has 1 aromatic carbocycles. The summed E-state index contributed by atoms with van der Waals surface area (Å²) in [6.07, 6.45) is 2.90. The summed E-state index contributed by atoms with van der Waals surface area (Å²) in [6, 6.07) is 7.17. The second kappa shape index (κ2) is 5.57. The summed E-state index contributed by atoms with van der Waals surface area (Å²) < 4.78 is 5.44. The van der Waals surface area contributed by atoms with E-state index in [1.165, 1.54) is 12.8 Å². The van der Waals surface area contributed by atoms with Gasteiger partial charge in [-0.2, -0.15) is 0 Å². The summed E-state index contributed by atoms with van der Waals surface area (Å²) >= 11 is 0. The predicted molar refractivity (Wildman–Crippen MR) is 66.7 cm³/mol. The van der Waals surface area contributed by atoms with Gasteiger partial charge >= 0.3 is 0 Å². The molecule has 17 heavy (non-hydrogen) atoms. The van der Waals surface area contributed by atoms with Gasteiger partial charge < -0.3 is 15.8 Å². The molecule has 3 N–H and O–H groups in total. The van der Waals surface area contributed by atoms with Gasteiger partial charge in [0.25, 0.3) is 0 Å².